The van der Waals surface area contributed by atoms with Crippen molar-refractivity contribution >= 4 is 45.2 Å². The van der Waals surface area contributed by atoms with Crippen molar-refractivity contribution in [2.24, 2.45) is 5.92 Å². The third kappa shape index (κ3) is 5.11. The Kier molecular flexibility index (Phi) is 5.57. The van der Waals surface area contributed by atoms with Gasteiger partial charge >= 0.3 is 6.09 Å². The van der Waals surface area contributed by atoms with E-state index in [0.717, 1.165) is 4.47 Å². The summed E-state index contributed by atoms with van der Waals surface area (Å²) in [6.45, 7) is 6.34. The zero-order valence-corrected chi connectivity index (χ0v) is 15.7. The molecule has 1 fully saturated rings. The summed E-state index contributed by atoms with van der Waals surface area (Å²) in [6.07, 6.45) is 0.236. The van der Waals surface area contributed by atoms with Crippen molar-refractivity contribution in [3.63, 3.8) is 0 Å². The van der Waals surface area contributed by atoms with Crippen LogP contribution in [0.1, 0.15) is 27.2 Å². The van der Waals surface area contributed by atoms with E-state index in [4.69, 9.17) is 16.3 Å². The van der Waals surface area contributed by atoms with Gasteiger partial charge in [0.05, 0.1) is 11.6 Å². The molecule has 23 heavy (non-hydrogen) atoms. The lowest BCUT2D eigenvalue weighted by molar-refractivity contribution is -0.119. The minimum atomic E-state index is -0.539. The number of rotatable bonds is 2. The summed E-state index contributed by atoms with van der Waals surface area (Å²) >= 11 is 9.32. The predicted molar refractivity (Wildman–Crippen MR) is 93.7 cm³/mol. The lowest BCUT2D eigenvalue weighted by atomic mass is 10.1. The number of ether oxygens (including phenoxy) is 1. The highest BCUT2D eigenvalue weighted by atomic mass is 79.9. The minimum absolute atomic E-state index is 0.126. The molecule has 0 saturated carbocycles. The monoisotopic (exact) mass is 402 g/mol. The highest BCUT2D eigenvalue weighted by molar-refractivity contribution is 9.10. The molecular formula is C16H20BrClN2O3. The van der Waals surface area contributed by atoms with Gasteiger partial charge in [-0.1, -0.05) is 11.6 Å². The second-order valence-electron chi connectivity index (χ2n) is 6.53. The molecule has 1 aliphatic rings. The van der Waals surface area contributed by atoms with Crippen molar-refractivity contribution in [1.29, 1.82) is 0 Å². The fourth-order valence-corrected chi connectivity index (χ4v) is 2.81. The predicted octanol–water partition coefficient (Wildman–Crippen LogP) is 4.30. The quantitative estimate of drug-likeness (QED) is 0.801. The lowest BCUT2D eigenvalue weighted by Gasteiger charge is -2.24. The Morgan fingerprint density at radius 1 is 1.39 bits per heavy atom. The Labute approximate surface area is 149 Å². The second-order valence-corrected chi connectivity index (χ2v) is 7.82. The number of anilines is 1. The van der Waals surface area contributed by atoms with Crippen LogP contribution < -0.4 is 5.32 Å². The molecule has 0 radical (unpaired) electrons. The maximum atomic E-state index is 12.4. The van der Waals surface area contributed by atoms with Crippen LogP contribution in [0.4, 0.5) is 10.5 Å². The number of hydrogen-bond donors (Lipinski definition) is 1. The molecule has 0 spiro atoms. The van der Waals surface area contributed by atoms with Gasteiger partial charge < -0.3 is 15.0 Å². The Morgan fingerprint density at radius 3 is 2.74 bits per heavy atom. The van der Waals surface area contributed by atoms with Crippen LogP contribution in [-0.2, 0) is 9.53 Å². The maximum Gasteiger partial charge on any atom is 0.410 e. The standard InChI is InChI=1S/C16H20BrClN2O3/c1-16(2,3)23-15(22)20-7-6-10(9-20)14(21)19-13-8-11(18)4-5-12(13)17/h4-5,8,10H,6-7,9H2,1-3H3,(H,19,21). The van der Waals surface area contributed by atoms with Gasteiger partial charge in [0.15, 0.2) is 0 Å². The third-order valence-electron chi connectivity index (χ3n) is 3.40. The van der Waals surface area contributed by atoms with Crippen LogP contribution in [0.25, 0.3) is 0 Å². The molecule has 1 unspecified atom stereocenters. The molecule has 2 amide bonds. The summed E-state index contributed by atoms with van der Waals surface area (Å²) in [5.74, 6) is -0.382. The van der Waals surface area contributed by atoms with Crippen molar-refractivity contribution in [2.75, 3.05) is 18.4 Å². The summed E-state index contributed by atoms with van der Waals surface area (Å²) in [7, 11) is 0. The van der Waals surface area contributed by atoms with Crippen LogP contribution in [0.15, 0.2) is 22.7 Å². The Hall–Kier alpha value is -1.27. The van der Waals surface area contributed by atoms with E-state index < -0.39 is 5.60 Å². The maximum absolute atomic E-state index is 12.4. The zero-order valence-electron chi connectivity index (χ0n) is 13.4. The molecule has 1 heterocycles. The van der Waals surface area contributed by atoms with Gasteiger partial charge in [0.2, 0.25) is 5.91 Å². The first kappa shape index (κ1) is 18.1. The fourth-order valence-electron chi connectivity index (χ4n) is 2.29. The molecular weight excluding hydrogens is 384 g/mol. The highest BCUT2D eigenvalue weighted by Gasteiger charge is 2.33. The Bertz CT molecular complexity index is 616. The van der Waals surface area contributed by atoms with E-state index in [1.807, 2.05) is 20.8 Å². The summed E-state index contributed by atoms with van der Waals surface area (Å²) < 4.78 is 6.09. The van der Waals surface area contributed by atoms with Crippen LogP contribution in [0.3, 0.4) is 0 Å². The number of halogens is 2. The lowest BCUT2D eigenvalue weighted by Crippen LogP contribution is -2.36. The number of likely N-dealkylation sites (tertiary alicyclic amines) is 1. The molecule has 1 atom stereocenters. The molecule has 7 heteroatoms. The molecule has 1 N–H and O–H groups in total. The van der Waals surface area contributed by atoms with Crippen LogP contribution in [0, 0.1) is 5.92 Å². The van der Waals surface area contributed by atoms with E-state index in [2.05, 4.69) is 21.2 Å². The number of carbonyl (C=O) groups is 2. The largest absolute Gasteiger partial charge is 0.444 e. The average molecular weight is 404 g/mol. The Balaban J connectivity index is 1.95. The van der Waals surface area contributed by atoms with Gasteiger partial charge in [-0.25, -0.2) is 4.79 Å². The van der Waals surface area contributed by atoms with E-state index in [9.17, 15) is 9.59 Å². The summed E-state index contributed by atoms with van der Waals surface area (Å²) in [5.41, 5.74) is 0.0847. The number of hydrogen-bond acceptors (Lipinski definition) is 3. The number of amides is 2. The molecule has 0 bridgehead atoms. The molecule has 0 aliphatic carbocycles. The molecule has 5 nitrogen and oxygen atoms in total. The van der Waals surface area contributed by atoms with E-state index in [1.54, 1.807) is 23.1 Å². The highest BCUT2D eigenvalue weighted by Crippen LogP contribution is 2.27. The van der Waals surface area contributed by atoms with Crippen molar-refractivity contribution in [1.82, 2.24) is 4.90 Å². The SMILES string of the molecule is CC(C)(C)OC(=O)N1CCC(C(=O)Nc2cc(Cl)ccc2Br)C1. The van der Waals surface area contributed by atoms with Gasteiger partial charge in [-0.15, -0.1) is 0 Å². The summed E-state index contributed by atoms with van der Waals surface area (Å²) in [4.78, 5) is 26.0. The first-order valence-corrected chi connectivity index (χ1v) is 8.56. The normalized spacial score (nSPS) is 18.0. The smallest absolute Gasteiger partial charge is 0.410 e. The van der Waals surface area contributed by atoms with Gasteiger partial charge in [-0.2, -0.15) is 0 Å². The molecule has 2 rings (SSSR count). The molecule has 1 saturated heterocycles. The molecule has 1 aromatic carbocycles. The molecule has 1 aliphatic heterocycles. The molecule has 1 aromatic rings. The van der Waals surface area contributed by atoms with E-state index in [1.165, 1.54) is 0 Å². The van der Waals surface area contributed by atoms with Crippen LogP contribution in [-0.4, -0.2) is 35.6 Å². The molecule has 0 aromatic heterocycles. The number of benzene rings is 1. The third-order valence-corrected chi connectivity index (χ3v) is 4.32. The van der Waals surface area contributed by atoms with Crippen LogP contribution >= 0.6 is 27.5 Å². The van der Waals surface area contributed by atoms with Gasteiger partial charge in [0.25, 0.3) is 0 Å². The summed E-state index contributed by atoms with van der Waals surface area (Å²) in [6, 6.07) is 5.20. The average Bonchev–Trinajstić information content (AvgIpc) is 2.91. The first-order chi connectivity index (χ1) is 10.7. The van der Waals surface area contributed by atoms with Gasteiger partial charge in [0.1, 0.15) is 5.60 Å². The second kappa shape index (κ2) is 7.09. The van der Waals surface area contributed by atoms with Crippen LogP contribution in [0.2, 0.25) is 5.02 Å². The first-order valence-electron chi connectivity index (χ1n) is 7.39. The number of carbonyl (C=O) groups excluding carboxylic acids is 2. The zero-order chi connectivity index (χ0) is 17.2. The van der Waals surface area contributed by atoms with Crippen molar-refractivity contribution in [2.45, 2.75) is 32.8 Å². The minimum Gasteiger partial charge on any atom is -0.444 e. The topological polar surface area (TPSA) is 58.6 Å². The van der Waals surface area contributed by atoms with Crippen LogP contribution in [0.5, 0.6) is 0 Å². The van der Waals surface area contributed by atoms with E-state index in [-0.39, 0.29) is 17.9 Å². The number of nitrogens with one attached hydrogen (secondary N) is 1. The van der Waals surface area contributed by atoms with Gasteiger partial charge in [-0.05, 0) is 61.3 Å². The molecule has 126 valence electrons. The fraction of sp³-hybridized carbons (Fsp3) is 0.500. The van der Waals surface area contributed by atoms with Crippen molar-refractivity contribution in [3.05, 3.63) is 27.7 Å². The number of nitrogens with zero attached hydrogens (tertiary/aromatic N) is 1. The van der Waals surface area contributed by atoms with E-state index >= 15 is 0 Å². The van der Waals surface area contributed by atoms with Crippen molar-refractivity contribution in [3.8, 4) is 0 Å². The summed E-state index contributed by atoms with van der Waals surface area (Å²) in [5, 5.41) is 3.40. The Morgan fingerprint density at radius 2 is 2.09 bits per heavy atom. The van der Waals surface area contributed by atoms with Gasteiger partial charge in [0, 0.05) is 22.6 Å². The van der Waals surface area contributed by atoms with E-state index in [0.29, 0.717) is 30.2 Å². The van der Waals surface area contributed by atoms with Gasteiger partial charge in [-0.3, -0.25) is 4.79 Å². The van der Waals surface area contributed by atoms with Crippen molar-refractivity contribution < 1.29 is 14.3 Å².